The average Bonchev–Trinajstić information content (AvgIpc) is 2.70. The molecule has 0 saturated heterocycles. The van der Waals surface area contributed by atoms with Gasteiger partial charge in [0.2, 0.25) is 0 Å². The van der Waals surface area contributed by atoms with E-state index in [-0.39, 0.29) is 5.91 Å². The number of amides is 1. The van der Waals surface area contributed by atoms with Gasteiger partial charge < -0.3 is 5.32 Å². The molecule has 0 bridgehead atoms. The van der Waals surface area contributed by atoms with Gasteiger partial charge in [0, 0.05) is 6.54 Å². The predicted molar refractivity (Wildman–Crippen MR) is 82.2 cm³/mol. The van der Waals surface area contributed by atoms with E-state index in [1.807, 2.05) is 24.3 Å². The van der Waals surface area contributed by atoms with Crippen molar-refractivity contribution in [2.75, 3.05) is 6.54 Å². The summed E-state index contributed by atoms with van der Waals surface area (Å²) in [5, 5.41) is 2.92. The second-order valence-electron chi connectivity index (χ2n) is 3.73. The lowest BCUT2D eigenvalue weighted by Crippen LogP contribution is -2.25. The largest absolute Gasteiger partial charge is 0.352 e. The Morgan fingerprint density at radius 1 is 1.22 bits per heavy atom. The van der Waals surface area contributed by atoms with Gasteiger partial charge in [-0.05, 0) is 49.9 Å². The van der Waals surface area contributed by atoms with Gasteiger partial charge in [-0.1, -0.05) is 30.3 Å². The predicted octanol–water partition coefficient (Wildman–Crippen LogP) is 4.25. The van der Waals surface area contributed by atoms with Gasteiger partial charge in [0.25, 0.3) is 5.91 Å². The molecule has 2 aromatic rings. The molecule has 0 fully saturated rings. The maximum absolute atomic E-state index is 11.9. The van der Waals surface area contributed by atoms with Gasteiger partial charge in [0.1, 0.15) is 0 Å². The molecule has 1 N–H and O–H groups in total. The third kappa shape index (κ3) is 3.67. The molecule has 1 aromatic carbocycles. The lowest BCUT2D eigenvalue weighted by Gasteiger charge is -2.04. The Morgan fingerprint density at radius 2 is 1.94 bits per heavy atom. The van der Waals surface area contributed by atoms with Crippen LogP contribution in [-0.2, 0) is 6.42 Å². The molecule has 0 atom stereocenters. The fourth-order valence-electron chi connectivity index (χ4n) is 1.56. The van der Waals surface area contributed by atoms with E-state index in [1.165, 1.54) is 16.9 Å². The molecule has 0 saturated carbocycles. The Labute approximate surface area is 127 Å². The Hall–Kier alpha value is -0.650. The fourth-order valence-corrected chi connectivity index (χ4v) is 4.35. The third-order valence-corrected chi connectivity index (χ3v) is 4.78. The van der Waals surface area contributed by atoms with Crippen LogP contribution in [0.15, 0.2) is 44.0 Å². The zero-order chi connectivity index (χ0) is 13.0. The van der Waals surface area contributed by atoms with E-state index in [0.29, 0.717) is 12.1 Å². The fraction of sp³-hybridized carbons (Fsp3) is 0.154. The molecule has 0 unspecified atom stereocenters. The van der Waals surface area contributed by atoms with E-state index in [9.17, 15) is 4.79 Å². The Morgan fingerprint density at radius 3 is 2.56 bits per heavy atom. The Bertz CT molecular complexity index is 539. The van der Waals surface area contributed by atoms with Crippen LogP contribution in [0.3, 0.4) is 0 Å². The number of halogens is 2. The van der Waals surface area contributed by atoms with Gasteiger partial charge in [0.05, 0.1) is 13.1 Å². The molecule has 1 amide bonds. The summed E-state index contributed by atoms with van der Waals surface area (Å²) in [5.74, 6) is -0.0419. The molecule has 0 aliphatic carbocycles. The summed E-state index contributed by atoms with van der Waals surface area (Å²) in [4.78, 5) is 11.9. The van der Waals surface area contributed by atoms with Crippen LogP contribution in [0.5, 0.6) is 0 Å². The lowest BCUT2D eigenvalue weighted by molar-refractivity contribution is 0.0954. The van der Waals surface area contributed by atoms with Gasteiger partial charge in [-0.3, -0.25) is 4.79 Å². The van der Waals surface area contributed by atoms with Crippen molar-refractivity contribution in [3.05, 3.63) is 55.1 Å². The summed E-state index contributed by atoms with van der Waals surface area (Å²) >= 11 is 8.25. The van der Waals surface area contributed by atoms with Gasteiger partial charge in [0.15, 0.2) is 0 Å². The van der Waals surface area contributed by atoms with Crippen LogP contribution in [0.2, 0.25) is 0 Å². The quantitative estimate of drug-likeness (QED) is 0.833. The number of carbonyl (C=O) groups is 1. The molecule has 2 rings (SSSR count). The van der Waals surface area contributed by atoms with Crippen LogP contribution >= 0.6 is 43.2 Å². The number of rotatable bonds is 4. The van der Waals surface area contributed by atoms with Crippen molar-refractivity contribution in [1.82, 2.24) is 5.32 Å². The molecule has 0 radical (unpaired) electrons. The molecule has 0 spiro atoms. The summed E-state index contributed by atoms with van der Waals surface area (Å²) in [5.41, 5.74) is 1.91. The molecule has 0 aliphatic rings. The van der Waals surface area contributed by atoms with Gasteiger partial charge in [-0.2, -0.15) is 0 Å². The van der Waals surface area contributed by atoms with Crippen molar-refractivity contribution in [2.45, 2.75) is 6.42 Å². The molecule has 18 heavy (non-hydrogen) atoms. The minimum Gasteiger partial charge on any atom is -0.352 e. The van der Waals surface area contributed by atoms with Crippen LogP contribution in [0.1, 0.15) is 15.9 Å². The van der Waals surface area contributed by atoms with Crippen molar-refractivity contribution in [1.29, 1.82) is 0 Å². The highest BCUT2D eigenvalue weighted by molar-refractivity contribution is 9.12. The Balaban J connectivity index is 1.87. The zero-order valence-corrected chi connectivity index (χ0v) is 13.4. The number of hydrogen-bond donors (Lipinski definition) is 1. The van der Waals surface area contributed by atoms with Crippen LogP contribution < -0.4 is 5.32 Å². The van der Waals surface area contributed by atoms with Crippen molar-refractivity contribution >= 4 is 49.1 Å². The van der Waals surface area contributed by atoms with Crippen LogP contribution in [-0.4, -0.2) is 12.5 Å². The SMILES string of the molecule is O=C(NCCc1ccccc1)c1cc(Br)sc1Br. The number of hydrogen-bond acceptors (Lipinski definition) is 2. The minimum atomic E-state index is -0.0419. The van der Waals surface area contributed by atoms with E-state index in [0.717, 1.165) is 14.0 Å². The second-order valence-corrected chi connectivity index (χ2v) is 7.48. The second kappa shape index (κ2) is 6.50. The van der Waals surface area contributed by atoms with Crippen molar-refractivity contribution in [2.24, 2.45) is 0 Å². The first-order valence-electron chi connectivity index (χ1n) is 5.44. The smallest absolute Gasteiger partial charge is 0.253 e. The average molecular weight is 389 g/mol. The minimum absolute atomic E-state index is 0.0419. The van der Waals surface area contributed by atoms with Gasteiger partial charge >= 0.3 is 0 Å². The monoisotopic (exact) mass is 387 g/mol. The highest BCUT2D eigenvalue weighted by Gasteiger charge is 2.12. The van der Waals surface area contributed by atoms with E-state index in [1.54, 1.807) is 0 Å². The molecular weight excluding hydrogens is 378 g/mol. The van der Waals surface area contributed by atoms with Crippen LogP contribution in [0, 0.1) is 0 Å². The summed E-state index contributed by atoms with van der Waals surface area (Å²) in [7, 11) is 0. The molecule has 2 nitrogen and oxygen atoms in total. The maximum Gasteiger partial charge on any atom is 0.253 e. The summed E-state index contributed by atoms with van der Waals surface area (Å²) < 4.78 is 1.80. The first kappa shape index (κ1) is 13.8. The van der Waals surface area contributed by atoms with E-state index in [2.05, 4.69) is 49.3 Å². The molecule has 1 aromatic heterocycles. The van der Waals surface area contributed by atoms with Crippen molar-refractivity contribution in [3.63, 3.8) is 0 Å². The molecular formula is C13H11Br2NOS. The van der Waals surface area contributed by atoms with Crippen molar-refractivity contribution in [3.8, 4) is 0 Å². The highest BCUT2D eigenvalue weighted by atomic mass is 79.9. The number of carbonyl (C=O) groups excluding carboxylic acids is 1. The summed E-state index contributed by atoms with van der Waals surface area (Å²) in [6, 6.07) is 11.9. The lowest BCUT2D eigenvalue weighted by atomic mass is 10.1. The molecule has 5 heteroatoms. The van der Waals surface area contributed by atoms with Crippen molar-refractivity contribution < 1.29 is 4.79 Å². The van der Waals surface area contributed by atoms with Gasteiger partial charge in [-0.15, -0.1) is 11.3 Å². The third-order valence-electron chi connectivity index (χ3n) is 2.44. The number of nitrogens with one attached hydrogen (secondary N) is 1. The van der Waals surface area contributed by atoms with Crippen LogP contribution in [0.25, 0.3) is 0 Å². The summed E-state index contributed by atoms with van der Waals surface area (Å²) in [6.45, 7) is 0.642. The highest BCUT2D eigenvalue weighted by Crippen LogP contribution is 2.31. The maximum atomic E-state index is 11.9. The Kier molecular flexibility index (Phi) is 4.97. The first-order chi connectivity index (χ1) is 8.66. The van der Waals surface area contributed by atoms with E-state index in [4.69, 9.17) is 0 Å². The van der Waals surface area contributed by atoms with Crippen LogP contribution in [0.4, 0.5) is 0 Å². The number of thiophene rings is 1. The standard InChI is InChI=1S/C13H11Br2NOS/c14-11-8-10(12(15)18-11)13(17)16-7-6-9-4-2-1-3-5-9/h1-5,8H,6-7H2,(H,16,17). The first-order valence-corrected chi connectivity index (χ1v) is 7.84. The molecule has 0 aliphatic heterocycles. The number of benzene rings is 1. The normalized spacial score (nSPS) is 10.3. The summed E-state index contributed by atoms with van der Waals surface area (Å²) in [6.07, 6.45) is 0.843. The van der Waals surface area contributed by atoms with E-state index >= 15 is 0 Å². The molecule has 1 heterocycles. The van der Waals surface area contributed by atoms with E-state index < -0.39 is 0 Å². The zero-order valence-electron chi connectivity index (χ0n) is 9.45. The topological polar surface area (TPSA) is 29.1 Å². The molecule has 94 valence electrons. The van der Waals surface area contributed by atoms with Gasteiger partial charge in [-0.25, -0.2) is 0 Å².